The van der Waals surface area contributed by atoms with E-state index in [2.05, 4.69) is 0 Å². The molecule has 2 rings (SSSR count). The first-order valence-corrected chi connectivity index (χ1v) is 6.34. The van der Waals surface area contributed by atoms with Crippen LogP contribution >= 0.6 is 0 Å². The minimum absolute atomic E-state index is 0.0554. The molecular formula is C16H16O5. The number of phenolic OH excluding ortho intramolecular Hbond substituents is 2. The molecule has 0 radical (unpaired) electrons. The van der Waals surface area contributed by atoms with Crippen LogP contribution in [0.1, 0.15) is 15.9 Å². The van der Waals surface area contributed by atoms with Crippen LogP contribution in [0.25, 0.3) is 0 Å². The molecule has 0 heterocycles. The zero-order chi connectivity index (χ0) is 15.4. The number of hydrogen-bond acceptors (Lipinski definition) is 5. The fourth-order valence-corrected chi connectivity index (χ4v) is 1.81. The summed E-state index contributed by atoms with van der Waals surface area (Å²) in [6.45, 7) is 1.33. The van der Waals surface area contributed by atoms with Crippen LogP contribution in [-0.2, 0) is 0 Å². The summed E-state index contributed by atoms with van der Waals surface area (Å²) in [5.41, 5.74) is 0.393. The number of phenols is 2. The SMILES string of the molecule is COc1ccc(OCC(=O)c2ccc(O)c(C)c2O)cc1. The van der Waals surface area contributed by atoms with Crippen molar-refractivity contribution in [3.8, 4) is 23.0 Å². The lowest BCUT2D eigenvalue weighted by Gasteiger charge is -2.09. The van der Waals surface area contributed by atoms with Gasteiger partial charge in [-0.2, -0.15) is 0 Å². The predicted molar refractivity (Wildman–Crippen MR) is 77.3 cm³/mol. The van der Waals surface area contributed by atoms with E-state index in [0.29, 0.717) is 11.5 Å². The third-order valence-electron chi connectivity index (χ3n) is 3.13. The third kappa shape index (κ3) is 3.25. The Morgan fingerprint density at radius 2 is 1.67 bits per heavy atom. The Balaban J connectivity index is 2.06. The number of rotatable bonds is 5. The molecule has 21 heavy (non-hydrogen) atoms. The van der Waals surface area contributed by atoms with Crippen LogP contribution in [0.5, 0.6) is 23.0 Å². The average molecular weight is 288 g/mol. The first-order valence-electron chi connectivity index (χ1n) is 6.34. The number of carbonyl (C=O) groups excluding carboxylic acids is 1. The number of ether oxygens (including phenoxy) is 2. The van der Waals surface area contributed by atoms with Gasteiger partial charge in [-0.1, -0.05) is 0 Å². The standard InChI is InChI=1S/C16H16O5/c1-10-14(17)8-7-13(16(10)19)15(18)9-21-12-5-3-11(20-2)4-6-12/h3-8,17,19H,9H2,1-2H3. The molecule has 0 bridgehead atoms. The van der Waals surface area contributed by atoms with Gasteiger partial charge in [-0.25, -0.2) is 0 Å². The summed E-state index contributed by atoms with van der Waals surface area (Å²) < 4.78 is 10.4. The van der Waals surface area contributed by atoms with Crippen molar-refractivity contribution in [2.24, 2.45) is 0 Å². The summed E-state index contributed by atoms with van der Waals surface area (Å²) in [6, 6.07) is 9.57. The van der Waals surface area contributed by atoms with Crippen LogP contribution in [0.4, 0.5) is 0 Å². The maximum atomic E-state index is 12.0. The summed E-state index contributed by atoms with van der Waals surface area (Å²) in [6.07, 6.45) is 0. The van der Waals surface area contributed by atoms with Gasteiger partial charge in [0.05, 0.1) is 12.7 Å². The first kappa shape index (κ1) is 14.7. The molecule has 0 aliphatic carbocycles. The third-order valence-corrected chi connectivity index (χ3v) is 3.13. The lowest BCUT2D eigenvalue weighted by atomic mass is 10.1. The molecule has 0 saturated heterocycles. The summed E-state index contributed by atoms with van der Waals surface area (Å²) in [5.74, 6) is 0.574. The van der Waals surface area contributed by atoms with Gasteiger partial charge in [-0.15, -0.1) is 0 Å². The highest BCUT2D eigenvalue weighted by Gasteiger charge is 2.15. The van der Waals surface area contributed by atoms with Crippen molar-refractivity contribution in [2.75, 3.05) is 13.7 Å². The van der Waals surface area contributed by atoms with Crippen LogP contribution in [-0.4, -0.2) is 29.7 Å². The van der Waals surface area contributed by atoms with Crippen LogP contribution < -0.4 is 9.47 Å². The Morgan fingerprint density at radius 3 is 2.29 bits per heavy atom. The summed E-state index contributed by atoms with van der Waals surface area (Å²) in [5, 5.41) is 19.3. The van der Waals surface area contributed by atoms with Gasteiger partial charge >= 0.3 is 0 Å². The molecule has 0 amide bonds. The van der Waals surface area contributed by atoms with Crippen molar-refractivity contribution < 1.29 is 24.5 Å². The lowest BCUT2D eigenvalue weighted by molar-refractivity contribution is 0.0918. The van der Waals surface area contributed by atoms with E-state index in [4.69, 9.17) is 9.47 Å². The van der Waals surface area contributed by atoms with Gasteiger partial charge in [0.15, 0.2) is 6.61 Å². The van der Waals surface area contributed by atoms with Gasteiger partial charge in [0.25, 0.3) is 0 Å². The minimum Gasteiger partial charge on any atom is -0.508 e. The fourth-order valence-electron chi connectivity index (χ4n) is 1.81. The molecule has 110 valence electrons. The highest BCUT2D eigenvalue weighted by atomic mass is 16.5. The summed E-state index contributed by atoms with van der Waals surface area (Å²) in [7, 11) is 1.56. The van der Waals surface area contributed by atoms with E-state index in [1.54, 1.807) is 31.4 Å². The Kier molecular flexibility index (Phi) is 4.33. The van der Waals surface area contributed by atoms with Gasteiger partial charge in [0, 0.05) is 5.56 Å². The Morgan fingerprint density at radius 1 is 1.05 bits per heavy atom. The van der Waals surface area contributed by atoms with Crippen molar-refractivity contribution in [1.82, 2.24) is 0 Å². The van der Waals surface area contributed by atoms with Crippen LogP contribution in [0.15, 0.2) is 36.4 Å². The second-order valence-corrected chi connectivity index (χ2v) is 4.49. The molecule has 0 aliphatic rings. The minimum atomic E-state index is -0.369. The van der Waals surface area contributed by atoms with E-state index < -0.39 is 0 Å². The molecule has 0 unspecified atom stereocenters. The molecule has 0 spiro atoms. The molecule has 2 aromatic rings. The predicted octanol–water partition coefficient (Wildman–Crippen LogP) is 2.68. The smallest absolute Gasteiger partial charge is 0.203 e. The number of Topliss-reactive ketones (excluding diaryl/α,β-unsaturated/α-hetero) is 1. The highest BCUT2D eigenvalue weighted by molar-refractivity contribution is 6.00. The van der Waals surface area contributed by atoms with E-state index in [-0.39, 0.29) is 35.0 Å². The van der Waals surface area contributed by atoms with Crippen molar-refractivity contribution >= 4 is 5.78 Å². The van der Waals surface area contributed by atoms with Crippen LogP contribution in [0, 0.1) is 6.92 Å². The molecule has 5 heteroatoms. The monoisotopic (exact) mass is 288 g/mol. The Bertz CT molecular complexity index is 646. The van der Waals surface area contributed by atoms with E-state index in [1.165, 1.54) is 19.1 Å². The number of benzene rings is 2. The maximum absolute atomic E-state index is 12.0. The number of methoxy groups -OCH3 is 1. The van der Waals surface area contributed by atoms with Gasteiger partial charge in [-0.05, 0) is 43.3 Å². The van der Waals surface area contributed by atoms with Crippen molar-refractivity contribution in [3.63, 3.8) is 0 Å². The molecule has 0 aliphatic heterocycles. The number of carbonyl (C=O) groups is 1. The fraction of sp³-hybridized carbons (Fsp3) is 0.188. The van der Waals surface area contributed by atoms with Gasteiger partial charge in [0.1, 0.15) is 23.0 Å². The quantitative estimate of drug-likeness (QED) is 0.827. The summed E-state index contributed by atoms with van der Waals surface area (Å²) >= 11 is 0. The van der Waals surface area contributed by atoms with E-state index in [0.717, 1.165) is 0 Å². The van der Waals surface area contributed by atoms with Crippen LogP contribution in [0.2, 0.25) is 0 Å². The van der Waals surface area contributed by atoms with Crippen molar-refractivity contribution in [1.29, 1.82) is 0 Å². The van der Waals surface area contributed by atoms with E-state index in [9.17, 15) is 15.0 Å². The molecule has 5 nitrogen and oxygen atoms in total. The first-order chi connectivity index (χ1) is 10.0. The highest BCUT2D eigenvalue weighted by Crippen LogP contribution is 2.29. The molecule has 0 fully saturated rings. The molecule has 2 N–H and O–H groups in total. The topological polar surface area (TPSA) is 76.0 Å². The van der Waals surface area contributed by atoms with E-state index in [1.807, 2.05) is 0 Å². The summed E-state index contributed by atoms with van der Waals surface area (Å²) in [4.78, 5) is 12.0. The van der Waals surface area contributed by atoms with Crippen molar-refractivity contribution in [3.05, 3.63) is 47.5 Å². The molecule has 0 saturated carbocycles. The largest absolute Gasteiger partial charge is 0.508 e. The van der Waals surface area contributed by atoms with Gasteiger partial charge < -0.3 is 19.7 Å². The van der Waals surface area contributed by atoms with Gasteiger partial charge in [0.2, 0.25) is 5.78 Å². The molecule has 0 aromatic heterocycles. The van der Waals surface area contributed by atoms with E-state index >= 15 is 0 Å². The second-order valence-electron chi connectivity index (χ2n) is 4.49. The average Bonchev–Trinajstić information content (AvgIpc) is 2.51. The zero-order valence-electron chi connectivity index (χ0n) is 11.8. The Hall–Kier alpha value is -2.69. The molecular weight excluding hydrogens is 272 g/mol. The number of hydrogen-bond donors (Lipinski definition) is 2. The lowest BCUT2D eigenvalue weighted by Crippen LogP contribution is -2.12. The zero-order valence-corrected chi connectivity index (χ0v) is 11.8. The second kappa shape index (κ2) is 6.17. The molecule has 0 atom stereocenters. The maximum Gasteiger partial charge on any atom is 0.203 e. The van der Waals surface area contributed by atoms with Crippen LogP contribution in [0.3, 0.4) is 0 Å². The Labute approximate surface area is 122 Å². The van der Waals surface area contributed by atoms with Gasteiger partial charge in [-0.3, -0.25) is 4.79 Å². The number of aromatic hydroxyl groups is 2. The number of ketones is 1. The van der Waals surface area contributed by atoms with Crippen molar-refractivity contribution in [2.45, 2.75) is 6.92 Å². The molecule has 2 aromatic carbocycles. The normalized spacial score (nSPS) is 10.2.